The average molecular weight is 499 g/mol. The van der Waals surface area contributed by atoms with E-state index >= 15 is 0 Å². The van der Waals surface area contributed by atoms with Gasteiger partial charge in [-0.25, -0.2) is 0 Å². The molecule has 0 spiro atoms. The molecule has 5 nitrogen and oxygen atoms in total. The molecule has 3 aromatic carbocycles. The summed E-state index contributed by atoms with van der Waals surface area (Å²) in [7, 11) is 0. The predicted octanol–water partition coefficient (Wildman–Crippen LogP) is 5.85. The zero-order valence-corrected chi connectivity index (χ0v) is 21.8. The standard InChI is InChI=1S/C32H38N2O3/c1-25-13-8-9-16-27(25)24-34(31(35)21-12-22-37-29-19-6-3-7-20-29)30(23-26-14-4-2-5-15-26)32(36)33-28-17-10-11-18-28/h2-9,13-16,19-20,28,30H,10-12,17-18,21-24H2,1H3,(H,33,36). The molecule has 1 unspecified atom stereocenters. The Morgan fingerprint density at radius 2 is 1.57 bits per heavy atom. The molecule has 5 heteroatoms. The second-order valence-electron chi connectivity index (χ2n) is 9.91. The molecule has 37 heavy (non-hydrogen) atoms. The first-order chi connectivity index (χ1) is 18.1. The van der Waals surface area contributed by atoms with E-state index in [4.69, 9.17) is 4.74 Å². The molecule has 3 aromatic rings. The Balaban J connectivity index is 1.53. The largest absolute Gasteiger partial charge is 0.494 e. The van der Waals surface area contributed by atoms with Crippen molar-refractivity contribution < 1.29 is 14.3 Å². The highest BCUT2D eigenvalue weighted by Crippen LogP contribution is 2.21. The third-order valence-corrected chi connectivity index (χ3v) is 7.12. The smallest absolute Gasteiger partial charge is 0.243 e. The number of nitrogens with zero attached hydrogens (tertiary/aromatic N) is 1. The van der Waals surface area contributed by atoms with Crippen molar-refractivity contribution >= 4 is 11.8 Å². The highest BCUT2D eigenvalue weighted by atomic mass is 16.5. The van der Waals surface area contributed by atoms with Crippen LogP contribution in [0.4, 0.5) is 0 Å². The Morgan fingerprint density at radius 3 is 2.27 bits per heavy atom. The molecule has 1 N–H and O–H groups in total. The lowest BCUT2D eigenvalue weighted by Crippen LogP contribution is -2.52. The van der Waals surface area contributed by atoms with E-state index in [-0.39, 0.29) is 17.9 Å². The number of nitrogens with one attached hydrogen (secondary N) is 1. The Hall–Kier alpha value is -3.60. The van der Waals surface area contributed by atoms with E-state index in [1.165, 1.54) is 0 Å². The second-order valence-corrected chi connectivity index (χ2v) is 9.91. The van der Waals surface area contributed by atoms with E-state index in [1.54, 1.807) is 4.90 Å². The van der Waals surface area contributed by atoms with Crippen molar-refractivity contribution in [2.45, 2.75) is 70.5 Å². The number of carbonyl (C=O) groups is 2. The van der Waals surface area contributed by atoms with E-state index in [0.29, 0.717) is 32.4 Å². The molecule has 1 fully saturated rings. The molecule has 194 valence electrons. The maximum absolute atomic E-state index is 13.7. The van der Waals surface area contributed by atoms with Gasteiger partial charge in [0.25, 0.3) is 0 Å². The SMILES string of the molecule is Cc1ccccc1CN(C(=O)CCCOc1ccccc1)C(Cc1ccccc1)C(=O)NC1CCCC1. The second kappa shape index (κ2) is 13.6. The highest BCUT2D eigenvalue weighted by Gasteiger charge is 2.32. The molecule has 0 saturated heterocycles. The highest BCUT2D eigenvalue weighted by molar-refractivity contribution is 5.88. The summed E-state index contributed by atoms with van der Waals surface area (Å²) in [5.74, 6) is 0.713. The fourth-order valence-corrected chi connectivity index (χ4v) is 4.97. The monoisotopic (exact) mass is 498 g/mol. The van der Waals surface area contributed by atoms with E-state index in [9.17, 15) is 9.59 Å². The minimum absolute atomic E-state index is 0.0255. The van der Waals surface area contributed by atoms with Crippen LogP contribution in [0.2, 0.25) is 0 Å². The molecule has 1 aliphatic carbocycles. The van der Waals surface area contributed by atoms with Gasteiger partial charge in [-0.05, 0) is 55.0 Å². The van der Waals surface area contributed by atoms with Crippen LogP contribution in [0.15, 0.2) is 84.9 Å². The predicted molar refractivity (Wildman–Crippen MR) is 147 cm³/mol. The number of para-hydroxylation sites is 1. The quantitative estimate of drug-likeness (QED) is 0.319. The number of amides is 2. The van der Waals surface area contributed by atoms with Crippen LogP contribution < -0.4 is 10.1 Å². The number of hydrogen-bond donors (Lipinski definition) is 1. The van der Waals surface area contributed by atoms with E-state index in [1.807, 2.05) is 78.9 Å². The van der Waals surface area contributed by atoms with Gasteiger partial charge in [0.2, 0.25) is 11.8 Å². The van der Waals surface area contributed by atoms with Crippen molar-refractivity contribution in [1.82, 2.24) is 10.2 Å². The van der Waals surface area contributed by atoms with Crippen LogP contribution in [0.5, 0.6) is 5.75 Å². The molecule has 1 saturated carbocycles. The van der Waals surface area contributed by atoms with Gasteiger partial charge < -0.3 is 15.0 Å². The molecule has 1 aliphatic rings. The summed E-state index contributed by atoms with van der Waals surface area (Å²) < 4.78 is 5.82. The molecular weight excluding hydrogens is 460 g/mol. The fourth-order valence-electron chi connectivity index (χ4n) is 4.97. The number of hydrogen-bond acceptors (Lipinski definition) is 3. The van der Waals surface area contributed by atoms with Crippen LogP contribution in [0.1, 0.15) is 55.2 Å². The third kappa shape index (κ3) is 7.94. The zero-order valence-electron chi connectivity index (χ0n) is 21.8. The summed E-state index contributed by atoms with van der Waals surface area (Å²) in [6, 6.07) is 27.3. The van der Waals surface area contributed by atoms with Gasteiger partial charge in [0.15, 0.2) is 0 Å². The lowest BCUT2D eigenvalue weighted by molar-refractivity contribution is -0.141. The first-order valence-corrected chi connectivity index (χ1v) is 13.5. The molecular formula is C32H38N2O3. The normalized spacial score (nSPS) is 14.2. The minimum Gasteiger partial charge on any atom is -0.494 e. The maximum Gasteiger partial charge on any atom is 0.243 e. The molecule has 4 rings (SSSR count). The topological polar surface area (TPSA) is 58.6 Å². The van der Waals surface area contributed by atoms with Gasteiger partial charge in [0.1, 0.15) is 11.8 Å². The number of aryl methyl sites for hydroxylation is 1. The summed E-state index contributed by atoms with van der Waals surface area (Å²) in [5, 5.41) is 3.27. The van der Waals surface area contributed by atoms with Gasteiger partial charge in [0, 0.05) is 25.4 Å². The van der Waals surface area contributed by atoms with Crippen LogP contribution in [0.25, 0.3) is 0 Å². The average Bonchev–Trinajstić information content (AvgIpc) is 3.43. The minimum atomic E-state index is -0.579. The van der Waals surface area contributed by atoms with Gasteiger partial charge in [-0.1, -0.05) is 85.6 Å². The maximum atomic E-state index is 13.7. The molecule has 0 radical (unpaired) electrons. The zero-order chi connectivity index (χ0) is 25.9. The van der Waals surface area contributed by atoms with Crippen molar-refractivity contribution in [3.05, 3.63) is 102 Å². The molecule has 0 aromatic heterocycles. The van der Waals surface area contributed by atoms with Crippen LogP contribution in [0.3, 0.4) is 0 Å². The molecule has 0 aliphatic heterocycles. The van der Waals surface area contributed by atoms with Crippen LogP contribution >= 0.6 is 0 Å². The van der Waals surface area contributed by atoms with Crippen LogP contribution in [-0.2, 0) is 22.6 Å². The van der Waals surface area contributed by atoms with Crippen molar-refractivity contribution in [1.29, 1.82) is 0 Å². The van der Waals surface area contributed by atoms with E-state index < -0.39 is 6.04 Å². The van der Waals surface area contributed by atoms with Gasteiger partial charge in [0.05, 0.1) is 6.61 Å². The summed E-state index contributed by atoms with van der Waals surface area (Å²) in [5.41, 5.74) is 3.22. The summed E-state index contributed by atoms with van der Waals surface area (Å²) >= 11 is 0. The molecule has 0 bridgehead atoms. The van der Waals surface area contributed by atoms with Crippen molar-refractivity contribution in [2.75, 3.05) is 6.61 Å². The van der Waals surface area contributed by atoms with E-state index in [2.05, 4.69) is 18.3 Å². The molecule has 2 amide bonds. The van der Waals surface area contributed by atoms with E-state index in [0.717, 1.165) is 48.1 Å². The first-order valence-electron chi connectivity index (χ1n) is 13.5. The number of carbonyl (C=O) groups excluding carboxylic acids is 2. The van der Waals surface area contributed by atoms with Crippen molar-refractivity contribution in [3.8, 4) is 5.75 Å². The number of ether oxygens (including phenoxy) is 1. The Kier molecular flexibility index (Phi) is 9.75. The van der Waals surface area contributed by atoms with Gasteiger partial charge in [-0.2, -0.15) is 0 Å². The van der Waals surface area contributed by atoms with Gasteiger partial charge in [-0.15, -0.1) is 0 Å². The fraction of sp³-hybridized carbons (Fsp3) is 0.375. The van der Waals surface area contributed by atoms with Gasteiger partial charge >= 0.3 is 0 Å². The molecule has 0 heterocycles. The molecule has 1 atom stereocenters. The Labute approximate surface area is 220 Å². The van der Waals surface area contributed by atoms with Gasteiger partial charge in [-0.3, -0.25) is 9.59 Å². The summed E-state index contributed by atoms with van der Waals surface area (Å²) in [4.78, 5) is 29.2. The lowest BCUT2D eigenvalue weighted by Gasteiger charge is -2.33. The van der Waals surface area contributed by atoms with Crippen LogP contribution in [-0.4, -0.2) is 35.4 Å². The lowest BCUT2D eigenvalue weighted by atomic mass is 10.0. The Bertz CT molecular complexity index is 1130. The summed E-state index contributed by atoms with van der Waals surface area (Å²) in [6.45, 7) is 2.91. The van der Waals surface area contributed by atoms with Crippen LogP contribution in [0, 0.1) is 6.92 Å². The Morgan fingerprint density at radius 1 is 0.919 bits per heavy atom. The number of rotatable bonds is 12. The van der Waals surface area contributed by atoms with Crippen molar-refractivity contribution in [2.24, 2.45) is 0 Å². The summed E-state index contributed by atoms with van der Waals surface area (Å²) in [6.07, 6.45) is 5.68. The number of benzene rings is 3. The first kappa shape index (κ1) is 26.5. The van der Waals surface area contributed by atoms with Crippen molar-refractivity contribution in [3.63, 3.8) is 0 Å². The third-order valence-electron chi connectivity index (χ3n) is 7.12.